The molecule has 4 N–H and O–H groups in total. The molecular formula is C14H27N3O2. The second-order valence-corrected chi connectivity index (χ2v) is 6.72. The number of carbonyl (C=O) groups excluding carboxylic acids is 2. The summed E-state index contributed by atoms with van der Waals surface area (Å²) in [5.41, 5.74) is 5.28. The van der Waals surface area contributed by atoms with E-state index < -0.39 is 5.41 Å². The van der Waals surface area contributed by atoms with Gasteiger partial charge in [0.25, 0.3) is 0 Å². The monoisotopic (exact) mass is 269 g/mol. The van der Waals surface area contributed by atoms with Crippen LogP contribution >= 0.6 is 0 Å². The van der Waals surface area contributed by atoms with Gasteiger partial charge in [0.2, 0.25) is 11.8 Å². The minimum Gasteiger partial charge on any atom is -0.355 e. The van der Waals surface area contributed by atoms with Crippen LogP contribution in [0.5, 0.6) is 0 Å². The molecule has 0 heterocycles. The quantitative estimate of drug-likeness (QED) is 0.709. The van der Waals surface area contributed by atoms with E-state index in [1.807, 2.05) is 27.7 Å². The highest BCUT2D eigenvalue weighted by Crippen LogP contribution is 2.36. The molecule has 0 saturated heterocycles. The van der Waals surface area contributed by atoms with Gasteiger partial charge in [-0.3, -0.25) is 9.59 Å². The molecule has 0 aromatic heterocycles. The van der Waals surface area contributed by atoms with Crippen molar-refractivity contribution in [1.82, 2.24) is 10.6 Å². The Morgan fingerprint density at radius 2 is 2.00 bits per heavy atom. The highest BCUT2D eigenvalue weighted by Gasteiger charge is 2.42. The molecule has 2 atom stereocenters. The molecule has 0 aromatic rings. The molecule has 5 heteroatoms. The van der Waals surface area contributed by atoms with Gasteiger partial charge in [0.1, 0.15) is 0 Å². The van der Waals surface area contributed by atoms with E-state index in [-0.39, 0.29) is 23.4 Å². The SMILES string of the molecule is CC(C)(C)NC(=O)CCNC(=O)C1(C)CCCC1N. The van der Waals surface area contributed by atoms with Gasteiger partial charge in [0.15, 0.2) is 0 Å². The molecule has 2 amide bonds. The van der Waals surface area contributed by atoms with Crippen LogP contribution in [0.25, 0.3) is 0 Å². The van der Waals surface area contributed by atoms with Crippen molar-refractivity contribution in [2.24, 2.45) is 11.1 Å². The lowest BCUT2D eigenvalue weighted by atomic mass is 9.84. The molecule has 1 fully saturated rings. The number of nitrogens with one attached hydrogen (secondary N) is 2. The van der Waals surface area contributed by atoms with E-state index in [0.29, 0.717) is 13.0 Å². The minimum absolute atomic E-state index is 0.0268. The Morgan fingerprint density at radius 3 is 2.47 bits per heavy atom. The van der Waals surface area contributed by atoms with Crippen LogP contribution in [-0.4, -0.2) is 29.9 Å². The van der Waals surface area contributed by atoms with Gasteiger partial charge in [0.05, 0.1) is 5.41 Å². The van der Waals surface area contributed by atoms with E-state index >= 15 is 0 Å². The highest BCUT2D eigenvalue weighted by molar-refractivity contribution is 5.84. The van der Waals surface area contributed by atoms with E-state index in [2.05, 4.69) is 10.6 Å². The van der Waals surface area contributed by atoms with Crippen molar-refractivity contribution in [2.75, 3.05) is 6.54 Å². The molecule has 0 aromatic carbocycles. The lowest BCUT2D eigenvalue weighted by Gasteiger charge is -2.27. The summed E-state index contributed by atoms with van der Waals surface area (Å²) >= 11 is 0. The maximum absolute atomic E-state index is 12.1. The van der Waals surface area contributed by atoms with Crippen LogP contribution < -0.4 is 16.4 Å². The zero-order chi connectivity index (χ0) is 14.7. The first-order valence-electron chi connectivity index (χ1n) is 7.00. The van der Waals surface area contributed by atoms with Crippen molar-refractivity contribution in [3.05, 3.63) is 0 Å². The van der Waals surface area contributed by atoms with Gasteiger partial charge in [-0.05, 0) is 40.5 Å². The zero-order valence-electron chi connectivity index (χ0n) is 12.5. The molecule has 1 rings (SSSR count). The van der Waals surface area contributed by atoms with Crippen molar-refractivity contribution in [3.63, 3.8) is 0 Å². The number of amides is 2. The first-order valence-corrected chi connectivity index (χ1v) is 7.00. The Bertz CT molecular complexity index is 349. The number of nitrogens with two attached hydrogens (primary N) is 1. The summed E-state index contributed by atoms with van der Waals surface area (Å²) in [5, 5.41) is 5.70. The van der Waals surface area contributed by atoms with Gasteiger partial charge in [-0.25, -0.2) is 0 Å². The van der Waals surface area contributed by atoms with E-state index in [0.717, 1.165) is 19.3 Å². The first-order chi connectivity index (χ1) is 8.65. The predicted molar refractivity (Wildman–Crippen MR) is 75.5 cm³/mol. The van der Waals surface area contributed by atoms with Gasteiger partial charge in [0, 0.05) is 24.5 Å². The van der Waals surface area contributed by atoms with E-state index in [1.165, 1.54) is 0 Å². The Balaban J connectivity index is 2.33. The van der Waals surface area contributed by atoms with Crippen LogP contribution in [-0.2, 0) is 9.59 Å². The Hall–Kier alpha value is -1.10. The Labute approximate surface area is 115 Å². The third kappa shape index (κ3) is 4.49. The summed E-state index contributed by atoms with van der Waals surface area (Å²) in [6, 6.07) is -0.0732. The average Bonchev–Trinajstić information content (AvgIpc) is 2.57. The number of carbonyl (C=O) groups is 2. The van der Waals surface area contributed by atoms with Gasteiger partial charge < -0.3 is 16.4 Å². The van der Waals surface area contributed by atoms with Crippen LogP contribution in [0.1, 0.15) is 53.4 Å². The highest BCUT2D eigenvalue weighted by atomic mass is 16.2. The van der Waals surface area contributed by atoms with Gasteiger partial charge in [-0.2, -0.15) is 0 Å². The van der Waals surface area contributed by atoms with Gasteiger partial charge in [-0.1, -0.05) is 6.42 Å². The fraction of sp³-hybridized carbons (Fsp3) is 0.857. The third-order valence-electron chi connectivity index (χ3n) is 3.70. The summed E-state index contributed by atoms with van der Waals surface area (Å²) in [5.74, 6) is -0.0743. The lowest BCUT2D eigenvalue weighted by Crippen LogP contribution is -2.48. The zero-order valence-corrected chi connectivity index (χ0v) is 12.5. The molecule has 0 aliphatic heterocycles. The Kier molecular flexibility index (Phi) is 4.96. The molecule has 2 unspecified atom stereocenters. The summed E-state index contributed by atoms with van der Waals surface area (Å²) < 4.78 is 0. The number of rotatable bonds is 4. The molecule has 5 nitrogen and oxygen atoms in total. The van der Waals surface area contributed by atoms with Gasteiger partial charge >= 0.3 is 0 Å². The molecule has 0 bridgehead atoms. The lowest BCUT2D eigenvalue weighted by molar-refractivity contribution is -0.130. The second-order valence-electron chi connectivity index (χ2n) is 6.72. The van der Waals surface area contributed by atoms with Crippen LogP contribution in [0.3, 0.4) is 0 Å². The van der Waals surface area contributed by atoms with Crippen LogP contribution in [0.2, 0.25) is 0 Å². The molecule has 1 saturated carbocycles. The topological polar surface area (TPSA) is 84.2 Å². The molecule has 1 aliphatic rings. The van der Waals surface area contributed by atoms with Crippen molar-refractivity contribution >= 4 is 11.8 Å². The standard InChI is InChI=1S/C14H27N3O2/c1-13(2,3)17-11(18)7-9-16-12(19)14(4)8-5-6-10(14)15/h10H,5-9,15H2,1-4H3,(H,16,19)(H,17,18). The number of hydrogen-bond acceptors (Lipinski definition) is 3. The van der Waals surface area contributed by atoms with Crippen molar-refractivity contribution in [2.45, 2.75) is 65.0 Å². The van der Waals surface area contributed by atoms with Crippen LogP contribution in [0, 0.1) is 5.41 Å². The van der Waals surface area contributed by atoms with E-state index in [9.17, 15) is 9.59 Å². The molecule has 1 aliphatic carbocycles. The van der Waals surface area contributed by atoms with Crippen LogP contribution in [0.15, 0.2) is 0 Å². The van der Waals surface area contributed by atoms with Crippen molar-refractivity contribution in [3.8, 4) is 0 Å². The van der Waals surface area contributed by atoms with Gasteiger partial charge in [-0.15, -0.1) is 0 Å². The van der Waals surface area contributed by atoms with E-state index in [1.54, 1.807) is 0 Å². The minimum atomic E-state index is -0.472. The maximum atomic E-state index is 12.1. The predicted octanol–water partition coefficient (Wildman–Crippen LogP) is 0.925. The summed E-state index contributed by atoms with van der Waals surface area (Å²) in [4.78, 5) is 23.7. The average molecular weight is 269 g/mol. The van der Waals surface area contributed by atoms with Crippen molar-refractivity contribution in [1.29, 1.82) is 0 Å². The molecule has 110 valence electrons. The maximum Gasteiger partial charge on any atom is 0.227 e. The Morgan fingerprint density at radius 1 is 1.37 bits per heavy atom. The fourth-order valence-corrected chi connectivity index (χ4v) is 2.45. The smallest absolute Gasteiger partial charge is 0.227 e. The third-order valence-corrected chi connectivity index (χ3v) is 3.70. The van der Waals surface area contributed by atoms with E-state index in [4.69, 9.17) is 5.73 Å². The van der Waals surface area contributed by atoms with Crippen molar-refractivity contribution < 1.29 is 9.59 Å². The number of hydrogen-bond donors (Lipinski definition) is 3. The largest absolute Gasteiger partial charge is 0.355 e. The fourth-order valence-electron chi connectivity index (χ4n) is 2.45. The summed E-state index contributed by atoms with van der Waals surface area (Å²) in [6.45, 7) is 8.07. The second kappa shape index (κ2) is 5.90. The summed E-state index contributed by atoms with van der Waals surface area (Å²) in [6.07, 6.45) is 3.02. The summed E-state index contributed by atoms with van der Waals surface area (Å²) in [7, 11) is 0. The molecule has 19 heavy (non-hydrogen) atoms. The van der Waals surface area contributed by atoms with Crippen LogP contribution in [0.4, 0.5) is 0 Å². The molecule has 0 radical (unpaired) electrons. The normalized spacial score (nSPS) is 27.1. The first kappa shape index (κ1) is 16.0. The molecule has 0 spiro atoms. The molecular weight excluding hydrogens is 242 g/mol.